The Hall–Kier alpha value is -0.123. The topological polar surface area (TPSA) is 18.5 Å². The highest BCUT2D eigenvalue weighted by Crippen LogP contribution is 2.24. The van der Waals surface area contributed by atoms with E-state index in [-0.39, 0.29) is 0 Å². The van der Waals surface area contributed by atoms with Crippen LogP contribution in [0.3, 0.4) is 0 Å². The summed E-state index contributed by atoms with van der Waals surface area (Å²) in [6.07, 6.45) is 2.92. The molecule has 0 amide bonds. The first-order chi connectivity index (χ1) is 6.10. The van der Waals surface area contributed by atoms with Gasteiger partial charge in [-0.05, 0) is 24.4 Å². The second kappa shape index (κ2) is 6.35. The average Bonchev–Trinajstić information content (AvgIpc) is 2.12. The van der Waals surface area contributed by atoms with Crippen LogP contribution in [0, 0.1) is 5.92 Å². The second-order valence-corrected chi connectivity index (χ2v) is 7.29. The van der Waals surface area contributed by atoms with Crippen molar-refractivity contribution < 1.29 is 8.85 Å². The fourth-order valence-corrected chi connectivity index (χ4v) is 4.50. The Morgan fingerprint density at radius 1 is 1.31 bits per heavy atom. The summed E-state index contributed by atoms with van der Waals surface area (Å²) in [7, 11) is 1.63. The van der Waals surface area contributed by atoms with Gasteiger partial charge in [0.25, 0.3) is 0 Å². The van der Waals surface area contributed by atoms with E-state index in [1.54, 1.807) is 14.2 Å². The van der Waals surface area contributed by atoms with Crippen LogP contribution in [0.5, 0.6) is 0 Å². The second-order valence-electron chi connectivity index (χ2n) is 3.74. The summed E-state index contributed by atoms with van der Waals surface area (Å²) >= 11 is 0. The highest BCUT2D eigenvalue weighted by Gasteiger charge is 2.35. The lowest BCUT2D eigenvalue weighted by molar-refractivity contribution is 0.236. The van der Waals surface area contributed by atoms with Crippen LogP contribution in [-0.2, 0) is 8.85 Å². The zero-order valence-corrected chi connectivity index (χ0v) is 10.3. The molecule has 78 valence electrons. The van der Waals surface area contributed by atoms with Crippen molar-refractivity contribution in [2.75, 3.05) is 14.2 Å². The molecule has 0 aliphatic heterocycles. The Kier molecular flexibility index (Phi) is 6.29. The highest BCUT2D eigenvalue weighted by atomic mass is 28.4. The SMILES string of the molecule is C=CCC[Si](CC(C)C)(OC)OC. The predicted molar refractivity (Wildman–Crippen MR) is 59.0 cm³/mol. The maximum absolute atomic E-state index is 5.57. The zero-order valence-electron chi connectivity index (χ0n) is 9.30. The third-order valence-electron chi connectivity index (χ3n) is 2.19. The summed E-state index contributed by atoms with van der Waals surface area (Å²) in [6, 6.07) is 2.08. The lowest BCUT2D eigenvalue weighted by atomic mass is 10.3. The standard InChI is InChI=1S/C10H22O2Si/c1-6-7-8-13(11-4,12-5)9-10(2)3/h6,10H,1,7-9H2,2-5H3. The molecule has 0 N–H and O–H groups in total. The molecule has 0 rings (SSSR count). The highest BCUT2D eigenvalue weighted by molar-refractivity contribution is 6.67. The predicted octanol–water partition coefficient (Wildman–Crippen LogP) is 2.95. The molecule has 0 saturated carbocycles. The van der Waals surface area contributed by atoms with Gasteiger partial charge in [-0.2, -0.15) is 0 Å². The van der Waals surface area contributed by atoms with Gasteiger partial charge < -0.3 is 8.85 Å². The van der Waals surface area contributed by atoms with Crippen LogP contribution in [0.25, 0.3) is 0 Å². The van der Waals surface area contributed by atoms with Gasteiger partial charge in [-0.25, -0.2) is 0 Å². The van der Waals surface area contributed by atoms with Crippen molar-refractivity contribution in [3.8, 4) is 0 Å². The van der Waals surface area contributed by atoms with Crippen LogP contribution >= 0.6 is 0 Å². The Morgan fingerprint density at radius 3 is 2.15 bits per heavy atom. The molecule has 0 fully saturated rings. The van der Waals surface area contributed by atoms with Crippen LogP contribution in [0.4, 0.5) is 0 Å². The molecule has 0 aromatic heterocycles. The van der Waals surface area contributed by atoms with Gasteiger partial charge in [0.05, 0.1) is 0 Å². The molecule has 3 heteroatoms. The van der Waals surface area contributed by atoms with Gasteiger partial charge in [0.15, 0.2) is 0 Å². The monoisotopic (exact) mass is 202 g/mol. The Morgan fingerprint density at radius 2 is 1.85 bits per heavy atom. The molecule has 0 saturated heterocycles. The molecule has 0 unspecified atom stereocenters. The molecule has 0 heterocycles. The Labute approximate surface area is 83.2 Å². The lowest BCUT2D eigenvalue weighted by Crippen LogP contribution is -2.40. The van der Waals surface area contributed by atoms with Crippen LogP contribution in [0.15, 0.2) is 12.7 Å². The average molecular weight is 202 g/mol. The van der Waals surface area contributed by atoms with E-state index in [1.807, 2.05) is 6.08 Å². The minimum Gasteiger partial charge on any atom is -0.398 e. The summed E-state index contributed by atoms with van der Waals surface area (Å²) < 4.78 is 11.1. The van der Waals surface area contributed by atoms with E-state index in [1.165, 1.54) is 0 Å². The summed E-state index contributed by atoms with van der Waals surface area (Å²) in [5, 5.41) is 0. The molecule has 0 atom stereocenters. The first-order valence-electron chi connectivity index (χ1n) is 4.81. The molecule has 0 bridgehead atoms. The molecule has 0 aromatic rings. The molecular formula is C10H22O2Si. The van der Waals surface area contributed by atoms with Crippen molar-refractivity contribution >= 4 is 8.56 Å². The Balaban J connectivity index is 4.20. The zero-order chi connectivity index (χ0) is 10.3. The van der Waals surface area contributed by atoms with Crippen molar-refractivity contribution in [1.82, 2.24) is 0 Å². The van der Waals surface area contributed by atoms with Gasteiger partial charge in [0.1, 0.15) is 0 Å². The van der Waals surface area contributed by atoms with E-state index in [4.69, 9.17) is 8.85 Å². The fraction of sp³-hybridized carbons (Fsp3) is 0.800. The first kappa shape index (κ1) is 12.9. The van der Waals surface area contributed by atoms with E-state index in [0.29, 0.717) is 5.92 Å². The van der Waals surface area contributed by atoms with Crippen molar-refractivity contribution in [2.24, 2.45) is 5.92 Å². The summed E-state index contributed by atoms with van der Waals surface area (Å²) in [6.45, 7) is 8.13. The quantitative estimate of drug-likeness (QED) is 0.467. The summed E-state index contributed by atoms with van der Waals surface area (Å²) in [4.78, 5) is 0. The number of hydrogen-bond acceptors (Lipinski definition) is 2. The largest absolute Gasteiger partial charge is 0.398 e. The molecule has 0 aromatic carbocycles. The fourth-order valence-electron chi connectivity index (χ4n) is 1.50. The normalized spacial score (nSPS) is 12.1. The van der Waals surface area contributed by atoms with Crippen LogP contribution in [0.2, 0.25) is 12.1 Å². The van der Waals surface area contributed by atoms with Gasteiger partial charge in [0, 0.05) is 14.2 Å². The van der Waals surface area contributed by atoms with E-state index in [2.05, 4.69) is 20.4 Å². The van der Waals surface area contributed by atoms with Gasteiger partial charge in [-0.1, -0.05) is 19.9 Å². The van der Waals surface area contributed by atoms with E-state index < -0.39 is 8.56 Å². The van der Waals surface area contributed by atoms with Crippen molar-refractivity contribution in [3.05, 3.63) is 12.7 Å². The summed E-state index contributed by atoms with van der Waals surface area (Å²) in [5.41, 5.74) is 0. The van der Waals surface area contributed by atoms with Crippen LogP contribution in [-0.4, -0.2) is 22.8 Å². The maximum atomic E-state index is 5.57. The van der Waals surface area contributed by atoms with Crippen molar-refractivity contribution in [1.29, 1.82) is 0 Å². The summed E-state index contributed by atoms with van der Waals surface area (Å²) in [5.74, 6) is 0.636. The molecule has 0 spiro atoms. The van der Waals surface area contributed by atoms with Crippen LogP contribution < -0.4 is 0 Å². The molecular weight excluding hydrogens is 180 g/mol. The number of hydrogen-bond donors (Lipinski definition) is 0. The third kappa shape index (κ3) is 4.60. The number of rotatable bonds is 7. The van der Waals surface area contributed by atoms with E-state index >= 15 is 0 Å². The van der Waals surface area contributed by atoms with Crippen molar-refractivity contribution in [3.63, 3.8) is 0 Å². The third-order valence-corrected chi connectivity index (χ3v) is 6.17. The Bertz CT molecular complexity index is 142. The minimum absolute atomic E-state index is 0.636. The minimum atomic E-state index is -1.90. The van der Waals surface area contributed by atoms with Crippen molar-refractivity contribution in [2.45, 2.75) is 32.4 Å². The van der Waals surface area contributed by atoms with Gasteiger partial charge >= 0.3 is 8.56 Å². The smallest absolute Gasteiger partial charge is 0.338 e. The molecule has 0 aliphatic carbocycles. The van der Waals surface area contributed by atoms with E-state index in [0.717, 1.165) is 18.5 Å². The van der Waals surface area contributed by atoms with Gasteiger partial charge in [0.2, 0.25) is 0 Å². The molecule has 2 nitrogen and oxygen atoms in total. The molecule has 13 heavy (non-hydrogen) atoms. The maximum Gasteiger partial charge on any atom is 0.338 e. The lowest BCUT2D eigenvalue weighted by Gasteiger charge is -2.28. The first-order valence-corrected chi connectivity index (χ1v) is 7.04. The van der Waals surface area contributed by atoms with Crippen LogP contribution in [0.1, 0.15) is 20.3 Å². The van der Waals surface area contributed by atoms with Gasteiger partial charge in [-0.3, -0.25) is 0 Å². The van der Waals surface area contributed by atoms with Gasteiger partial charge in [-0.15, -0.1) is 6.58 Å². The number of allylic oxidation sites excluding steroid dienone is 1. The molecule has 0 radical (unpaired) electrons. The van der Waals surface area contributed by atoms with E-state index in [9.17, 15) is 0 Å². The molecule has 0 aliphatic rings.